The number of carbonyl (C=O) groups is 5. The molecule has 6 heterocycles. The zero-order valence-corrected chi connectivity index (χ0v) is 53.3. The SMILES string of the molecule is CC(=O)N[C@@H]1[C@@H]([C@@H](O)[C@@H](O)CO)O[C-]=C[C@H]1n1cc(-c2ccccc2NC(=O)CCCCCn2cc(CCCc3cn(CCCCCC(=O)Nc4ccccc4-c4cn([C@H]5C=C(C(=O)[O-])O[C@@H]([C@H](O)[C@H](O)CO)[C@@H]5NC(C)=O)nn4)nn3)nn2)nn1.[Na+].[Na+]. The van der Waals surface area contributed by atoms with E-state index < -0.39 is 97.5 Å². The fourth-order valence-electron chi connectivity index (χ4n) is 10.1. The molecule has 2 aliphatic rings. The molecule has 0 fully saturated rings. The Labute approximate surface area is 549 Å². The maximum Gasteiger partial charge on any atom is 1.00 e. The molecule has 4 aromatic heterocycles. The van der Waals surface area contributed by atoms with Crippen molar-refractivity contribution in [1.82, 2.24) is 70.6 Å². The van der Waals surface area contributed by atoms with Gasteiger partial charge in [0.2, 0.25) is 23.6 Å². The third-order valence-electron chi connectivity index (χ3n) is 14.5. The molecule has 460 valence electrons. The van der Waals surface area contributed by atoms with Crippen LogP contribution in [0.1, 0.15) is 95.1 Å². The molecule has 2 aliphatic heterocycles. The molecule has 2 aromatic carbocycles. The number of para-hydroxylation sites is 2. The van der Waals surface area contributed by atoms with Gasteiger partial charge >= 0.3 is 59.1 Å². The van der Waals surface area contributed by atoms with Gasteiger partial charge in [0.15, 0.2) is 0 Å². The van der Waals surface area contributed by atoms with Crippen LogP contribution in [0.3, 0.4) is 0 Å². The third kappa shape index (κ3) is 19.1. The zero-order chi connectivity index (χ0) is 61.3. The molecular formula is C56H70N16Na2O14. The minimum atomic E-state index is -1.82. The summed E-state index contributed by atoms with van der Waals surface area (Å²) in [6.45, 7) is 2.17. The summed E-state index contributed by atoms with van der Waals surface area (Å²) in [5.41, 5.74) is 4.51. The van der Waals surface area contributed by atoms with Crippen LogP contribution >= 0.6 is 0 Å². The van der Waals surface area contributed by atoms with Crippen LogP contribution in [0.5, 0.6) is 0 Å². The van der Waals surface area contributed by atoms with Crippen molar-refractivity contribution in [1.29, 1.82) is 0 Å². The number of aliphatic hydroxyl groups is 6. The molecule has 30 nitrogen and oxygen atoms in total. The summed E-state index contributed by atoms with van der Waals surface area (Å²) in [4.78, 5) is 62.6. The molecule has 10 N–H and O–H groups in total. The normalized spacial score (nSPS) is 19.2. The Morgan fingerprint density at radius 1 is 0.602 bits per heavy atom. The Hall–Kier alpha value is -6.81. The number of benzene rings is 2. The van der Waals surface area contributed by atoms with Gasteiger partial charge in [-0.1, -0.05) is 70.1 Å². The molecule has 88 heavy (non-hydrogen) atoms. The summed E-state index contributed by atoms with van der Waals surface area (Å²) in [7, 11) is 0. The second-order valence-corrected chi connectivity index (χ2v) is 21.0. The minimum Gasteiger partial charge on any atom is -0.688 e. The molecule has 0 bridgehead atoms. The first-order chi connectivity index (χ1) is 41.5. The largest absolute Gasteiger partial charge is 1.00 e. The van der Waals surface area contributed by atoms with E-state index in [9.17, 15) is 59.7 Å². The average molecular weight is 1240 g/mol. The number of carboxylic acid groups (broad SMARTS) is 1. The maximum atomic E-state index is 13.2. The van der Waals surface area contributed by atoms with Crippen molar-refractivity contribution >= 4 is 41.0 Å². The molecular weight excluding hydrogens is 1170 g/mol. The summed E-state index contributed by atoms with van der Waals surface area (Å²) in [5, 5.41) is 118. The Morgan fingerprint density at radius 3 is 1.55 bits per heavy atom. The quantitative estimate of drug-likeness (QED) is 0.0110. The number of carboxylic acids is 1. The van der Waals surface area contributed by atoms with Crippen LogP contribution in [-0.2, 0) is 59.4 Å². The van der Waals surface area contributed by atoms with Gasteiger partial charge < -0.3 is 77.5 Å². The molecule has 10 atom stereocenters. The average Bonchev–Trinajstić information content (AvgIpc) is 3.84. The van der Waals surface area contributed by atoms with Crippen LogP contribution in [0.15, 0.2) is 91.2 Å². The van der Waals surface area contributed by atoms with E-state index in [-0.39, 0.29) is 83.8 Å². The molecule has 0 saturated heterocycles. The van der Waals surface area contributed by atoms with Gasteiger partial charge in [0, 0.05) is 63.3 Å². The minimum absolute atomic E-state index is 0. The predicted molar refractivity (Wildman–Crippen MR) is 299 cm³/mol. The van der Waals surface area contributed by atoms with Crippen molar-refractivity contribution in [2.24, 2.45) is 0 Å². The molecule has 0 aliphatic carbocycles. The fourth-order valence-corrected chi connectivity index (χ4v) is 10.1. The van der Waals surface area contributed by atoms with Gasteiger partial charge in [-0.2, -0.15) is 0 Å². The standard InChI is InChI=1S/C56H71N16O14.2Na/c1-33(75)57-50-43(22-25-85-54(50)52(81)45(77)31-73)71-29-41(63-67-71)37-16-7-9-18-39(37)59-48(79)20-5-3-11-23-69-27-35(61-65-69)14-13-15-36-28-70(66-62-36)24-12-4-6-21-49(80)60-40-19-10-8-17-38(40)42-30-72(68-64-42)44-26-47(56(83)84)86-55(51(44)58-34(2)76)53(82)46(78)32-74;;/h7-10,16-19,22,26-30,43-46,50-55,73-74,77-78,81-82H,3-6,11-15,20-21,23-24,31-32H2,1-2H3,(H,57,75)(H,58,76)(H,59,79)(H,60,80)(H,83,84);;/q-1;2*+1/p-1/t43-,44+,45+,46-,50+,51-,52+,53-,54+,55-;;/m1../s1. The van der Waals surface area contributed by atoms with E-state index >= 15 is 0 Å². The van der Waals surface area contributed by atoms with Crippen LogP contribution in [0, 0.1) is 6.26 Å². The number of hydrogen-bond acceptors (Lipinski definition) is 22. The van der Waals surface area contributed by atoms with E-state index in [4.69, 9.17) is 9.47 Å². The molecule has 0 radical (unpaired) electrons. The fraction of sp³-hybridized carbons (Fsp3) is 0.482. The number of hydrogen-bond donors (Lipinski definition) is 10. The first-order valence-corrected chi connectivity index (χ1v) is 28.2. The molecule has 8 rings (SSSR count). The van der Waals surface area contributed by atoms with Gasteiger partial charge in [0.05, 0.1) is 72.5 Å². The van der Waals surface area contributed by atoms with Crippen molar-refractivity contribution in [3.63, 3.8) is 0 Å². The number of aliphatic carboxylic acids is 1. The van der Waals surface area contributed by atoms with Gasteiger partial charge in [0.25, 0.3) is 0 Å². The van der Waals surface area contributed by atoms with Crippen LogP contribution in [-0.4, -0.2) is 182 Å². The van der Waals surface area contributed by atoms with Gasteiger partial charge in [-0.25, -0.2) is 15.4 Å². The number of aryl methyl sites for hydroxylation is 4. The third-order valence-corrected chi connectivity index (χ3v) is 14.5. The number of nitrogens with zero attached hydrogens (tertiary/aromatic N) is 12. The number of aliphatic hydroxyl groups excluding tert-OH is 6. The van der Waals surface area contributed by atoms with E-state index in [0.29, 0.717) is 72.7 Å². The first kappa shape index (κ1) is 70.3. The van der Waals surface area contributed by atoms with E-state index in [1.807, 2.05) is 12.4 Å². The topological polar surface area (TPSA) is 419 Å². The second kappa shape index (κ2) is 34.2. The Morgan fingerprint density at radius 2 is 1.07 bits per heavy atom. The Balaban J connectivity index is 0.00000618. The molecule has 6 aromatic rings. The number of rotatable bonds is 31. The van der Waals surface area contributed by atoms with Crippen molar-refractivity contribution in [2.75, 3.05) is 23.8 Å². The summed E-state index contributed by atoms with van der Waals surface area (Å²) in [5.74, 6) is -3.79. The number of aromatic nitrogens is 12. The van der Waals surface area contributed by atoms with Crippen molar-refractivity contribution in [2.45, 2.75) is 158 Å². The number of ether oxygens (including phenoxy) is 2. The van der Waals surface area contributed by atoms with Crippen LogP contribution in [0.2, 0.25) is 0 Å². The Kier molecular flexibility index (Phi) is 27.3. The smallest absolute Gasteiger partial charge is 0.688 e. The number of anilines is 2. The second-order valence-electron chi connectivity index (χ2n) is 21.0. The molecule has 32 heteroatoms. The van der Waals surface area contributed by atoms with E-state index in [1.165, 1.54) is 35.5 Å². The summed E-state index contributed by atoms with van der Waals surface area (Å²) >= 11 is 0. The van der Waals surface area contributed by atoms with Crippen molar-refractivity contribution in [3.8, 4) is 22.5 Å². The van der Waals surface area contributed by atoms with Crippen LogP contribution in [0.25, 0.3) is 22.5 Å². The van der Waals surface area contributed by atoms with Gasteiger partial charge in [0.1, 0.15) is 59.7 Å². The maximum absolute atomic E-state index is 13.2. The number of carbonyl (C=O) groups excluding carboxylic acids is 5. The molecule has 0 spiro atoms. The summed E-state index contributed by atoms with van der Waals surface area (Å²) in [6.07, 6.45) is 9.89. The summed E-state index contributed by atoms with van der Waals surface area (Å²) < 4.78 is 17.2. The predicted octanol–water partition coefficient (Wildman–Crippen LogP) is -6.76. The van der Waals surface area contributed by atoms with Crippen LogP contribution < -0.4 is 85.5 Å². The van der Waals surface area contributed by atoms with E-state index in [1.54, 1.807) is 64.1 Å². The monoisotopic (exact) mass is 1240 g/mol. The molecule has 0 unspecified atom stereocenters. The summed E-state index contributed by atoms with van der Waals surface area (Å²) in [6, 6.07) is 10.1. The molecule has 0 saturated carbocycles. The number of nitrogens with one attached hydrogen (secondary N) is 4. The zero-order valence-electron chi connectivity index (χ0n) is 49.3. The van der Waals surface area contributed by atoms with E-state index in [2.05, 4.69) is 68.8 Å². The Bertz CT molecular complexity index is 3320. The number of unbranched alkanes of at least 4 members (excludes halogenated alkanes) is 4. The number of amides is 4. The van der Waals surface area contributed by atoms with E-state index in [0.717, 1.165) is 49.6 Å². The van der Waals surface area contributed by atoms with Crippen molar-refractivity contribution in [3.05, 3.63) is 109 Å². The first-order valence-electron chi connectivity index (χ1n) is 28.2. The van der Waals surface area contributed by atoms with Crippen LogP contribution in [0.4, 0.5) is 11.4 Å². The molecule has 4 amide bonds. The van der Waals surface area contributed by atoms with Gasteiger partial charge in [-0.05, 0) is 63.2 Å². The van der Waals surface area contributed by atoms with Gasteiger partial charge in [-0.3, -0.25) is 28.5 Å². The van der Waals surface area contributed by atoms with Gasteiger partial charge in [-0.15, -0.1) is 20.4 Å². The van der Waals surface area contributed by atoms with Crippen molar-refractivity contribution < 1.29 is 128 Å².